The summed E-state index contributed by atoms with van der Waals surface area (Å²) in [6, 6.07) is 3.86. The Morgan fingerprint density at radius 3 is 2.67 bits per heavy atom. The van der Waals surface area contributed by atoms with Gasteiger partial charge in [0.05, 0.1) is 4.88 Å². The minimum atomic E-state index is 0.207. The molecule has 18 heavy (non-hydrogen) atoms. The first-order valence-electron chi connectivity index (χ1n) is 6.86. The van der Waals surface area contributed by atoms with Gasteiger partial charge in [0.1, 0.15) is 0 Å². The number of thiophene rings is 1. The van der Waals surface area contributed by atoms with Crippen molar-refractivity contribution in [2.75, 3.05) is 32.7 Å². The van der Waals surface area contributed by atoms with Crippen molar-refractivity contribution in [3.05, 3.63) is 22.4 Å². The topological polar surface area (TPSA) is 23.6 Å². The van der Waals surface area contributed by atoms with Gasteiger partial charge in [0.15, 0.2) is 0 Å². The summed E-state index contributed by atoms with van der Waals surface area (Å²) < 4.78 is 0. The van der Waals surface area contributed by atoms with E-state index in [1.165, 1.54) is 37.1 Å². The molecule has 1 amide bonds. The van der Waals surface area contributed by atoms with Crippen molar-refractivity contribution in [1.29, 1.82) is 0 Å². The molecule has 1 aromatic heterocycles. The zero-order valence-electron chi connectivity index (χ0n) is 11.1. The van der Waals surface area contributed by atoms with Crippen molar-refractivity contribution in [3.8, 4) is 0 Å². The van der Waals surface area contributed by atoms with E-state index in [4.69, 9.17) is 0 Å². The predicted molar refractivity (Wildman–Crippen MR) is 76.2 cm³/mol. The summed E-state index contributed by atoms with van der Waals surface area (Å²) in [7, 11) is 0. The average molecular weight is 266 g/mol. The van der Waals surface area contributed by atoms with E-state index in [0.29, 0.717) is 0 Å². The predicted octanol–water partition coefficient (Wildman–Crippen LogP) is 2.70. The lowest BCUT2D eigenvalue weighted by Gasteiger charge is -2.34. The third kappa shape index (κ3) is 3.56. The Labute approximate surface area is 113 Å². The highest BCUT2D eigenvalue weighted by Gasteiger charge is 2.22. The highest BCUT2D eigenvalue weighted by atomic mass is 32.1. The van der Waals surface area contributed by atoms with Gasteiger partial charge in [0.25, 0.3) is 5.91 Å². The molecule has 3 nitrogen and oxygen atoms in total. The Bertz CT molecular complexity index is 356. The summed E-state index contributed by atoms with van der Waals surface area (Å²) in [5, 5.41) is 1.97. The molecule has 0 spiro atoms. The highest BCUT2D eigenvalue weighted by Crippen LogP contribution is 2.14. The van der Waals surface area contributed by atoms with Gasteiger partial charge in [-0.15, -0.1) is 11.3 Å². The Morgan fingerprint density at radius 1 is 1.28 bits per heavy atom. The molecule has 1 aliphatic heterocycles. The molecular weight excluding hydrogens is 244 g/mol. The zero-order chi connectivity index (χ0) is 12.8. The fraction of sp³-hybridized carbons (Fsp3) is 0.643. The standard InChI is InChI=1S/C14H22N2OS/c1-2-3-4-7-15-8-10-16(11-9-15)14(17)13-6-5-12-18-13/h5-6,12H,2-4,7-11H2,1H3. The van der Waals surface area contributed by atoms with E-state index < -0.39 is 0 Å². The first-order valence-corrected chi connectivity index (χ1v) is 7.74. The van der Waals surface area contributed by atoms with Crippen LogP contribution in [-0.4, -0.2) is 48.4 Å². The average Bonchev–Trinajstić information content (AvgIpc) is 2.93. The van der Waals surface area contributed by atoms with Crippen molar-refractivity contribution in [3.63, 3.8) is 0 Å². The maximum Gasteiger partial charge on any atom is 0.264 e. The molecule has 1 saturated heterocycles. The fourth-order valence-electron chi connectivity index (χ4n) is 2.32. The second-order valence-corrected chi connectivity index (χ2v) is 5.77. The van der Waals surface area contributed by atoms with Gasteiger partial charge >= 0.3 is 0 Å². The molecule has 0 radical (unpaired) electrons. The number of rotatable bonds is 5. The summed E-state index contributed by atoms with van der Waals surface area (Å²) in [6.07, 6.45) is 3.88. The molecule has 0 bridgehead atoms. The molecule has 0 aliphatic carbocycles. The molecule has 0 atom stereocenters. The van der Waals surface area contributed by atoms with Crippen LogP contribution in [0.5, 0.6) is 0 Å². The van der Waals surface area contributed by atoms with E-state index in [9.17, 15) is 4.79 Å². The van der Waals surface area contributed by atoms with Gasteiger partial charge in [0, 0.05) is 26.2 Å². The molecule has 0 aromatic carbocycles. The third-order valence-corrected chi connectivity index (χ3v) is 4.33. The summed E-state index contributed by atoms with van der Waals surface area (Å²) in [6.45, 7) is 7.24. The fourth-order valence-corrected chi connectivity index (χ4v) is 3.01. The van der Waals surface area contributed by atoms with Crippen LogP contribution in [0.1, 0.15) is 35.9 Å². The molecule has 1 aliphatic rings. The maximum absolute atomic E-state index is 12.1. The van der Waals surface area contributed by atoms with Crippen LogP contribution in [0.2, 0.25) is 0 Å². The maximum atomic E-state index is 12.1. The second-order valence-electron chi connectivity index (χ2n) is 4.82. The van der Waals surface area contributed by atoms with Crippen LogP contribution in [-0.2, 0) is 0 Å². The SMILES string of the molecule is CCCCCN1CCN(C(=O)c2cccs2)CC1. The molecule has 100 valence electrons. The van der Waals surface area contributed by atoms with Crippen LogP contribution in [0, 0.1) is 0 Å². The van der Waals surface area contributed by atoms with E-state index >= 15 is 0 Å². The van der Waals surface area contributed by atoms with Crippen LogP contribution >= 0.6 is 11.3 Å². The molecule has 1 fully saturated rings. The van der Waals surface area contributed by atoms with E-state index in [1.807, 2.05) is 22.4 Å². The second kappa shape index (κ2) is 6.90. The Morgan fingerprint density at radius 2 is 2.06 bits per heavy atom. The highest BCUT2D eigenvalue weighted by molar-refractivity contribution is 7.12. The normalized spacial score (nSPS) is 17.1. The minimum absolute atomic E-state index is 0.207. The van der Waals surface area contributed by atoms with Gasteiger partial charge < -0.3 is 4.90 Å². The molecular formula is C14H22N2OS. The number of carbonyl (C=O) groups excluding carboxylic acids is 1. The molecule has 2 rings (SSSR count). The largest absolute Gasteiger partial charge is 0.335 e. The van der Waals surface area contributed by atoms with Crippen LogP contribution in [0.4, 0.5) is 0 Å². The number of carbonyl (C=O) groups is 1. The lowest BCUT2D eigenvalue weighted by molar-refractivity contribution is 0.0640. The first-order chi connectivity index (χ1) is 8.81. The van der Waals surface area contributed by atoms with Crippen LogP contribution in [0.3, 0.4) is 0 Å². The van der Waals surface area contributed by atoms with Crippen molar-refractivity contribution < 1.29 is 4.79 Å². The van der Waals surface area contributed by atoms with E-state index in [1.54, 1.807) is 0 Å². The molecule has 1 aromatic rings. The quantitative estimate of drug-likeness (QED) is 0.765. The summed E-state index contributed by atoms with van der Waals surface area (Å²) in [5.41, 5.74) is 0. The van der Waals surface area contributed by atoms with Gasteiger partial charge in [-0.3, -0.25) is 9.69 Å². The van der Waals surface area contributed by atoms with Crippen molar-refractivity contribution >= 4 is 17.2 Å². The number of piperazine rings is 1. The smallest absolute Gasteiger partial charge is 0.264 e. The van der Waals surface area contributed by atoms with Crippen LogP contribution in [0.15, 0.2) is 17.5 Å². The summed E-state index contributed by atoms with van der Waals surface area (Å²) >= 11 is 1.54. The van der Waals surface area contributed by atoms with Crippen molar-refractivity contribution in [1.82, 2.24) is 9.80 Å². The first kappa shape index (κ1) is 13.6. The lowest BCUT2D eigenvalue weighted by Crippen LogP contribution is -2.48. The number of hydrogen-bond acceptors (Lipinski definition) is 3. The number of hydrogen-bond donors (Lipinski definition) is 0. The third-order valence-electron chi connectivity index (χ3n) is 3.47. The lowest BCUT2D eigenvalue weighted by atomic mass is 10.2. The molecule has 4 heteroatoms. The molecule has 0 N–H and O–H groups in total. The van der Waals surface area contributed by atoms with Gasteiger partial charge in [0.2, 0.25) is 0 Å². The summed E-state index contributed by atoms with van der Waals surface area (Å²) in [4.78, 5) is 17.5. The van der Waals surface area contributed by atoms with Gasteiger partial charge in [-0.2, -0.15) is 0 Å². The number of nitrogens with zero attached hydrogens (tertiary/aromatic N) is 2. The van der Waals surface area contributed by atoms with Crippen LogP contribution in [0.25, 0.3) is 0 Å². The Kier molecular flexibility index (Phi) is 5.20. The monoisotopic (exact) mass is 266 g/mol. The Hall–Kier alpha value is -0.870. The van der Waals surface area contributed by atoms with E-state index in [-0.39, 0.29) is 5.91 Å². The van der Waals surface area contributed by atoms with Crippen LogP contribution < -0.4 is 0 Å². The van der Waals surface area contributed by atoms with Gasteiger partial charge in [-0.25, -0.2) is 0 Å². The minimum Gasteiger partial charge on any atom is -0.335 e. The van der Waals surface area contributed by atoms with Crippen molar-refractivity contribution in [2.24, 2.45) is 0 Å². The zero-order valence-corrected chi connectivity index (χ0v) is 11.9. The van der Waals surface area contributed by atoms with Gasteiger partial charge in [-0.05, 0) is 24.4 Å². The van der Waals surface area contributed by atoms with E-state index in [2.05, 4.69) is 11.8 Å². The van der Waals surface area contributed by atoms with E-state index in [0.717, 1.165) is 31.1 Å². The summed E-state index contributed by atoms with van der Waals surface area (Å²) in [5.74, 6) is 0.207. The molecule has 0 saturated carbocycles. The molecule has 0 unspecified atom stereocenters. The Balaban J connectivity index is 1.75. The van der Waals surface area contributed by atoms with Gasteiger partial charge in [-0.1, -0.05) is 25.8 Å². The molecule has 2 heterocycles. The van der Waals surface area contributed by atoms with Crippen molar-refractivity contribution in [2.45, 2.75) is 26.2 Å². The number of unbranched alkanes of at least 4 members (excludes halogenated alkanes) is 2. The number of amides is 1.